The van der Waals surface area contributed by atoms with Gasteiger partial charge in [-0.1, -0.05) is 0 Å². The predicted octanol–water partition coefficient (Wildman–Crippen LogP) is 0.977. The first-order chi connectivity index (χ1) is 10.1. The molecule has 2 fully saturated rings. The number of rotatable bonds is 2. The van der Waals surface area contributed by atoms with Gasteiger partial charge in [-0.3, -0.25) is 4.79 Å². The van der Waals surface area contributed by atoms with E-state index in [1.54, 1.807) is 0 Å². The Bertz CT molecular complexity index is 580. The lowest BCUT2D eigenvalue weighted by Gasteiger charge is -2.36. The molecule has 1 amide bonds. The summed E-state index contributed by atoms with van der Waals surface area (Å²) in [6.45, 7) is 7.31. The third-order valence-electron chi connectivity index (χ3n) is 5.14. The van der Waals surface area contributed by atoms with Gasteiger partial charge in [-0.15, -0.1) is 0 Å². The van der Waals surface area contributed by atoms with E-state index in [0.717, 1.165) is 19.0 Å². The first kappa shape index (κ1) is 13.1. The minimum absolute atomic E-state index is 0.00668. The van der Waals surface area contributed by atoms with Crippen LogP contribution in [0.2, 0.25) is 0 Å². The molecule has 1 saturated heterocycles. The van der Waals surface area contributed by atoms with Gasteiger partial charge in [-0.25, -0.2) is 4.68 Å². The number of fused-ring (bicyclic) bond motifs is 1. The molecule has 1 aliphatic carbocycles. The summed E-state index contributed by atoms with van der Waals surface area (Å²) in [5.41, 5.74) is 0.626. The van der Waals surface area contributed by atoms with E-state index in [9.17, 15) is 4.79 Å². The molecule has 1 aromatic heterocycles. The van der Waals surface area contributed by atoms with Crippen molar-refractivity contribution in [1.82, 2.24) is 15.1 Å². The maximum Gasteiger partial charge on any atom is 0.269 e. The SMILES string of the molecule is C[C@@H]1COCCN1c1cc2n(n1)[C@](C)(C1CC1)CNC2=O. The highest BCUT2D eigenvalue weighted by Crippen LogP contribution is 2.45. The first-order valence-corrected chi connectivity index (χ1v) is 7.83. The number of amides is 1. The van der Waals surface area contributed by atoms with E-state index in [-0.39, 0.29) is 11.4 Å². The number of anilines is 1. The molecule has 0 radical (unpaired) electrons. The second-order valence-corrected chi connectivity index (χ2v) is 6.73. The maximum atomic E-state index is 12.2. The van der Waals surface area contributed by atoms with E-state index in [1.165, 1.54) is 12.8 Å². The number of nitrogens with one attached hydrogen (secondary N) is 1. The fourth-order valence-corrected chi connectivity index (χ4v) is 3.57. The molecule has 6 heteroatoms. The molecule has 0 unspecified atom stereocenters. The molecule has 2 atom stereocenters. The Morgan fingerprint density at radius 3 is 3.00 bits per heavy atom. The van der Waals surface area contributed by atoms with E-state index < -0.39 is 0 Å². The zero-order valence-corrected chi connectivity index (χ0v) is 12.6. The normalized spacial score (nSPS) is 32.8. The lowest BCUT2D eigenvalue weighted by atomic mass is 9.93. The van der Waals surface area contributed by atoms with Crippen LogP contribution in [0, 0.1) is 5.92 Å². The van der Waals surface area contributed by atoms with Crippen molar-refractivity contribution in [3.8, 4) is 0 Å². The highest BCUT2D eigenvalue weighted by atomic mass is 16.5. The van der Waals surface area contributed by atoms with Crippen LogP contribution in [-0.4, -0.2) is 48.0 Å². The van der Waals surface area contributed by atoms with E-state index in [0.29, 0.717) is 30.8 Å². The van der Waals surface area contributed by atoms with Crippen molar-refractivity contribution in [3.63, 3.8) is 0 Å². The van der Waals surface area contributed by atoms with Gasteiger partial charge in [0.15, 0.2) is 5.82 Å². The maximum absolute atomic E-state index is 12.2. The fraction of sp³-hybridized carbons (Fsp3) is 0.733. The van der Waals surface area contributed by atoms with Crippen molar-refractivity contribution in [2.75, 3.05) is 31.2 Å². The van der Waals surface area contributed by atoms with Gasteiger partial charge in [-0.2, -0.15) is 5.10 Å². The summed E-state index contributed by atoms with van der Waals surface area (Å²) < 4.78 is 7.48. The zero-order chi connectivity index (χ0) is 14.6. The highest BCUT2D eigenvalue weighted by Gasteiger charge is 2.48. The summed E-state index contributed by atoms with van der Waals surface area (Å²) in [6, 6.07) is 2.24. The Kier molecular flexibility index (Phi) is 2.79. The summed E-state index contributed by atoms with van der Waals surface area (Å²) >= 11 is 0. The molecule has 3 aliphatic rings. The predicted molar refractivity (Wildman–Crippen MR) is 78.6 cm³/mol. The molecule has 2 aliphatic heterocycles. The number of nitrogens with zero attached hydrogens (tertiary/aromatic N) is 3. The van der Waals surface area contributed by atoms with Crippen molar-refractivity contribution < 1.29 is 9.53 Å². The Labute approximate surface area is 124 Å². The Morgan fingerprint density at radius 1 is 1.48 bits per heavy atom. The molecule has 0 spiro atoms. The lowest BCUT2D eigenvalue weighted by molar-refractivity contribution is 0.0846. The molecule has 1 saturated carbocycles. The summed E-state index contributed by atoms with van der Waals surface area (Å²) in [4.78, 5) is 14.4. The molecule has 0 bridgehead atoms. The molecule has 6 nitrogen and oxygen atoms in total. The zero-order valence-electron chi connectivity index (χ0n) is 12.6. The second-order valence-electron chi connectivity index (χ2n) is 6.73. The van der Waals surface area contributed by atoms with Crippen LogP contribution >= 0.6 is 0 Å². The highest BCUT2D eigenvalue weighted by molar-refractivity contribution is 5.94. The molecule has 0 aromatic carbocycles. The summed E-state index contributed by atoms with van der Waals surface area (Å²) in [6.07, 6.45) is 2.46. The molecule has 1 N–H and O–H groups in total. The van der Waals surface area contributed by atoms with Crippen LogP contribution in [0.1, 0.15) is 37.2 Å². The molecular weight excluding hydrogens is 268 g/mol. The number of carbonyl (C=O) groups is 1. The summed E-state index contributed by atoms with van der Waals surface area (Å²) in [5, 5.41) is 7.85. The summed E-state index contributed by atoms with van der Waals surface area (Å²) in [5.74, 6) is 1.53. The summed E-state index contributed by atoms with van der Waals surface area (Å²) in [7, 11) is 0. The molecular formula is C15H22N4O2. The minimum atomic E-state index is -0.0724. The van der Waals surface area contributed by atoms with Gasteiger partial charge in [0.2, 0.25) is 0 Å². The van der Waals surface area contributed by atoms with E-state index >= 15 is 0 Å². The average molecular weight is 290 g/mol. The standard InChI is InChI=1S/C15H22N4O2/c1-10-8-21-6-5-18(10)13-7-12-14(20)16-9-15(2,11-3-4-11)19(12)17-13/h7,10-11H,3-6,8-9H2,1-2H3,(H,16,20)/t10-,15+/m1/s1. The van der Waals surface area contributed by atoms with Crippen LogP contribution in [0.25, 0.3) is 0 Å². The van der Waals surface area contributed by atoms with Crippen LogP contribution in [0.15, 0.2) is 6.07 Å². The fourth-order valence-electron chi connectivity index (χ4n) is 3.57. The van der Waals surface area contributed by atoms with Gasteiger partial charge >= 0.3 is 0 Å². The molecule has 1 aromatic rings. The monoisotopic (exact) mass is 290 g/mol. The number of hydrogen-bond donors (Lipinski definition) is 1. The van der Waals surface area contributed by atoms with E-state index in [2.05, 4.69) is 24.1 Å². The smallest absolute Gasteiger partial charge is 0.269 e. The van der Waals surface area contributed by atoms with Gasteiger partial charge in [0.25, 0.3) is 5.91 Å². The van der Waals surface area contributed by atoms with Crippen molar-refractivity contribution in [1.29, 1.82) is 0 Å². The van der Waals surface area contributed by atoms with E-state index in [1.807, 2.05) is 10.7 Å². The Morgan fingerprint density at radius 2 is 2.29 bits per heavy atom. The van der Waals surface area contributed by atoms with Gasteiger partial charge in [0, 0.05) is 19.2 Å². The van der Waals surface area contributed by atoms with Crippen LogP contribution in [0.3, 0.4) is 0 Å². The van der Waals surface area contributed by atoms with Crippen LogP contribution in [0.4, 0.5) is 5.82 Å². The first-order valence-electron chi connectivity index (χ1n) is 7.83. The average Bonchev–Trinajstić information content (AvgIpc) is 3.23. The van der Waals surface area contributed by atoms with Crippen molar-refractivity contribution in [2.45, 2.75) is 38.3 Å². The van der Waals surface area contributed by atoms with Gasteiger partial charge in [0.1, 0.15) is 5.69 Å². The molecule has 21 heavy (non-hydrogen) atoms. The number of morpholine rings is 1. The molecule has 114 valence electrons. The number of aromatic nitrogens is 2. The largest absolute Gasteiger partial charge is 0.377 e. The Balaban J connectivity index is 1.74. The van der Waals surface area contributed by atoms with Crippen molar-refractivity contribution in [3.05, 3.63) is 11.8 Å². The van der Waals surface area contributed by atoms with Crippen LogP contribution in [-0.2, 0) is 10.3 Å². The minimum Gasteiger partial charge on any atom is -0.377 e. The van der Waals surface area contributed by atoms with E-state index in [4.69, 9.17) is 9.84 Å². The van der Waals surface area contributed by atoms with Gasteiger partial charge < -0.3 is 15.0 Å². The molecule has 3 heterocycles. The van der Waals surface area contributed by atoms with Crippen LogP contribution < -0.4 is 10.2 Å². The van der Waals surface area contributed by atoms with Crippen molar-refractivity contribution >= 4 is 11.7 Å². The third kappa shape index (κ3) is 1.96. The number of hydrogen-bond acceptors (Lipinski definition) is 4. The van der Waals surface area contributed by atoms with Gasteiger partial charge in [0.05, 0.1) is 24.8 Å². The quantitative estimate of drug-likeness (QED) is 0.882. The Hall–Kier alpha value is -1.56. The van der Waals surface area contributed by atoms with Crippen molar-refractivity contribution in [2.24, 2.45) is 5.92 Å². The van der Waals surface area contributed by atoms with Gasteiger partial charge in [-0.05, 0) is 32.6 Å². The lowest BCUT2D eigenvalue weighted by Crippen LogP contribution is -2.51. The second kappa shape index (κ2) is 4.47. The van der Waals surface area contributed by atoms with Crippen LogP contribution in [0.5, 0.6) is 0 Å². The third-order valence-corrected chi connectivity index (χ3v) is 5.14. The number of carbonyl (C=O) groups excluding carboxylic acids is 1. The number of ether oxygens (including phenoxy) is 1. The molecule has 4 rings (SSSR count). The topological polar surface area (TPSA) is 59.4 Å².